The highest BCUT2D eigenvalue weighted by molar-refractivity contribution is 6.02. The summed E-state index contributed by atoms with van der Waals surface area (Å²) in [5.74, 6) is -1.17. The minimum atomic E-state index is -0.921. The maximum Gasteiger partial charge on any atom is 0.355 e. The molecule has 0 atom stereocenters. The molecule has 2 aromatic rings. The SMILES string of the molecule is C=CCn1c(=O)n(CC=C)c(=O)n(CC(=O)c2c(C)[nH]c(C(=O)OCC)c2C)c1=O. The third-order valence-electron chi connectivity index (χ3n) is 4.51. The predicted octanol–water partition coefficient (Wildman–Crippen LogP) is 0.548. The first kappa shape index (κ1) is 22.6. The average molecular weight is 416 g/mol. The molecule has 160 valence electrons. The molecule has 0 radical (unpaired) electrons. The number of esters is 1. The smallest absolute Gasteiger partial charge is 0.355 e. The molecule has 0 aromatic carbocycles. The number of hydrogen-bond acceptors (Lipinski definition) is 6. The number of allylic oxidation sites excluding steroid dienone is 2. The lowest BCUT2D eigenvalue weighted by atomic mass is 10.1. The molecule has 2 heterocycles. The van der Waals surface area contributed by atoms with E-state index in [1.54, 1.807) is 20.8 Å². The van der Waals surface area contributed by atoms with Gasteiger partial charge in [-0.05, 0) is 26.3 Å². The number of rotatable bonds is 9. The third-order valence-corrected chi connectivity index (χ3v) is 4.51. The highest BCUT2D eigenvalue weighted by Gasteiger charge is 2.24. The summed E-state index contributed by atoms with van der Waals surface area (Å²) in [6.07, 6.45) is 2.67. The molecule has 2 aromatic heterocycles. The Hall–Kier alpha value is -3.69. The summed E-state index contributed by atoms with van der Waals surface area (Å²) in [6, 6.07) is 0. The van der Waals surface area contributed by atoms with Crippen molar-refractivity contribution in [3.8, 4) is 0 Å². The van der Waals surface area contributed by atoms with E-state index in [0.717, 1.165) is 9.13 Å². The van der Waals surface area contributed by atoms with E-state index in [9.17, 15) is 24.0 Å². The van der Waals surface area contributed by atoms with Crippen LogP contribution < -0.4 is 17.1 Å². The monoisotopic (exact) mass is 416 g/mol. The summed E-state index contributed by atoms with van der Waals surface area (Å²) >= 11 is 0. The maximum absolute atomic E-state index is 13.0. The van der Waals surface area contributed by atoms with Gasteiger partial charge in [-0.1, -0.05) is 12.2 Å². The molecule has 0 saturated heterocycles. The number of H-pyrrole nitrogens is 1. The molecule has 1 N–H and O–H groups in total. The molecule has 10 nitrogen and oxygen atoms in total. The lowest BCUT2D eigenvalue weighted by Gasteiger charge is -2.12. The van der Waals surface area contributed by atoms with Gasteiger partial charge in [-0.15, -0.1) is 13.2 Å². The van der Waals surface area contributed by atoms with Gasteiger partial charge in [0, 0.05) is 11.3 Å². The zero-order chi connectivity index (χ0) is 22.6. The topological polar surface area (TPSA) is 125 Å². The number of carbonyl (C=O) groups is 2. The molecule has 30 heavy (non-hydrogen) atoms. The van der Waals surface area contributed by atoms with Crippen LogP contribution in [0.4, 0.5) is 0 Å². The number of aromatic amines is 1. The van der Waals surface area contributed by atoms with Gasteiger partial charge in [0.25, 0.3) is 0 Å². The van der Waals surface area contributed by atoms with E-state index in [-0.39, 0.29) is 31.0 Å². The maximum atomic E-state index is 13.0. The van der Waals surface area contributed by atoms with E-state index in [4.69, 9.17) is 4.74 Å². The van der Waals surface area contributed by atoms with Crippen LogP contribution in [0.25, 0.3) is 0 Å². The summed E-state index contributed by atoms with van der Waals surface area (Å²) in [4.78, 5) is 65.7. The van der Waals surface area contributed by atoms with Gasteiger partial charge in [-0.3, -0.25) is 4.79 Å². The number of ether oxygens (including phenoxy) is 1. The standard InChI is InChI=1S/C20H24N4O6/c1-6-9-22-18(27)23(10-7-2)20(29)24(19(22)28)11-14(25)15-12(4)16(21-13(15)5)17(26)30-8-3/h6-7,21H,1-2,8-11H2,3-5H3. The van der Waals surface area contributed by atoms with E-state index in [1.165, 1.54) is 12.2 Å². The van der Waals surface area contributed by atoms with Crippen LogP contribution in [-0.2, 0) is 24.4 Å². The summed E-state index contributed by atoms with van der Waals surface area (Å²) in [5, 5.41) is 0. The Morgan fingerprint density at radius 1 is 0.967 bits per heavy atom. The zero-order valence-electron chi connectivity index (χ0n) is 17.2. The van der Waals surface area contributed by atoms with Gasteiger partial charge in [0.15, 0.2) is 5.78 Å². The fourth-order valence-corrected chi connectivity index (χ4v) is 3.19. The second kappa shape index (κ2) is 9.21. The van der Waals surface area contributed by atoms with Crippen LogP contribution in [0.1, 0.15) is 39.0 Å². The van der Waals surface area contributed by atoms with Crippen LogP contribution in [-0.4, -0.2) is 37.0 Å². The molecule has 0 amide bonds. The molecular formula is C20H24N4O6. The molecule has 0 bridgehead atoms. The first-order valence-electron chi connectivity index (χ1n) is 9.25. The molecule has 0 aliphatic heterocycles. The molecular weight excluding hydrogens is 392 g/mol. The van der Waals surface area contributed by atoms with Crippen LogP contribution in [0.5, 0.6) is 0 Å². The Morgan fingerprint density at radius 2 is 1.47 bits per heavy atom. The van der Waals surface area contributed by atoms with E-state index in [1.807, 2.05) is 0 Å². The van der Waals surface area contributed by atoms with Crippen molar-refractivity contribution in [2.45, 2.75) is 40.4 Å². The van der Waals surface area contributed by atoms with Gasteiger partial charge in [0.05, 0.1) is 26.2 Å². The molecule has 0 aliphatic rings. The van der Waals surface area contributed by atoms with Crippen molar-refractivity contribution in [3.05, 3.63) is 79.3 Å². The second-order valence-corrected chi connectivity index (χ2v) is 6.50. The summed E-state index contributed by atoms with van der Waals surface area (Å²) in [5.41, 5.74) is -1.58. The van der Waals surface area contributed by atoms with Crippen molar-refractivity contribution in [1.29, 1.82) is 0 Å². The van der Waals surface area contributed by atoms with Crippen LogP contribution in [0.15, 0.2) is 39.7 Å². The fraction of sp³-hybridized carbons (Fsp3) is 0.350. The van der Waals surface area contributed by atoms with E-state index < -0.39 is 35.4 Å². The molecule has 2 rings (SSSR count). The second-order valence-electron chi connectivity index (χ2n) is 6.50. The molecule has 0 saturated carbocycles. The van der Waals surface area contributed by atoms with Crippen molar-refractivity contribution >= 4 is 11.8 Å². The number of Topliss-reactive ketones (excluding diaryl/α,β-unsaturated/α-hetero) is 1. The average Bonchev–Trinajstić information content (AvgIpc) is 3.00. The Labute approximate surface area is 171 Å². The summed E-state index contributed by atoms with van der Waals surface area (Å²) in [6.45, 7) is 11.1. The van der Waals surface area contributed by atoms with Crippen LogP contribution in [0.2, 0.25) is 0 Å². The van der Waals surface area contributed by atoms with Gasteiger partial charge < -0.3 is 9.72 Å². The van der Waals surface area contributed by atoms with Gasteiger partial charge in [0.2, 0.25) is 0 Å². The number of carbonyl (C=O) groups excluding carboxylic acids is 2. The Balaban J connectivity index is 2.60. The normalized spacial score (nSPS) is 10.6. The van der Waals surface area contributed by atoms with Crippen molar-refractivity contribution in [2.24, 2.45) is 0 Å². The minimum Gasteiger partial charge on any atom is -0.461 e. The Kier molecular flexibility index (Phi) is 6.93. The number of aromatic nitrogens is 4. The molecule has 0 spiro atoms. The van der Waals surface area contributed by atoms with Crippen molar-refractivity contribution < 1.29 is 14.3 Å². The highest BCUT2D eigenvalue weighted by atomic mass is 16.5. The van der Waals surface area contributed by atoms with Gasteiger partial charge in [-0.25, -0.2) is 32.9 Å². The van der Waals surface area contributed by atoms with Crippen LogP contribution in [0.3, 0.4) is 0 Å². The number of nitrogens with zero attached hydrogens (tertiary/aromatic N) is 3. The first-order valence-corrected chi connectivity index (χ1v) is 9.25. The van der Waals surface area contributed by atoms with Crippen molar-refractivity contribution in [3.63, 3.8) is 0 Å². The lowest BCUT2D eigenvalue weighted by molar-refractivity contribution is 0.0519. The number of hydrogen-bond donors (Lipinski definition) is 1. The predicted molar refractivity (Wildman–Crippen MR) is 110 cm³/mol. The first-order chi connectivity index (χ1) is 14.2. The number of ketones is 1. The van der Waals surface area contributed by atoms with Gasteiger partial charge >= 0.3 is 23.0 Å². The lowest BCUT2D eigenvalue weighted by Crippen LogP contribution is -2.55. The minimum absolute atomic E-state index is 0.126. The molecule has 10 heteroatoms. The van der Waals surface area contributed by atoms with Crippen LogP contribution in [0, 0.1) is 13.8 Å². The summed E-state index contributed by atoms with van der Waals surface area (Å²) in [7, 11) is 0. The zero-order valence-corrected chi connectivity index (χ0v) is 17.2. The van der Waals surface area contributed by atoms with Crippen molar-refractivity contribution in [1.82, 2.24) is 18.7 Å². The fourth-order valence-electron chi connectivity index (χ4n) is 3.19. The number of nitrogens with one attached hydrogen (secondary N) is 1. The Bertz CT molecular complexity index is 1140. The number of aryl methyl sites for hydroxylation is 1. The Morgan fingerprint density at radius 3 is 1.93 bits per heavy atom. The molecule has 0 aliphatic carbocycles. The van der Waals surface area contributed by atoms with Gasteiger partial charge in [-0.2, -0.15) is 0 Å². The highest BCUT2D eigenvalue weighted by Crippen LogP contribution is 2.19. The summed E-state index contributed by atoms with van der Waals surface area (Å²) < 4.78 is 7.28. The largest absolute Gasteiger partial charge is 0.461 e. The van der Waals surface area contributed by atoms with E-state index in [0.29, 0.717) is 15.8 Å². The van der Waals surface area contributed by atoms with Crippen LogP contribution >= 0.6 is 0 Å². The van der Waals surface area contributed by atoms with Crippen molar-refractivity contribution in [2.75, 3.05) is 6.61 Å². The third kappa shape index (κ3) is 4.02. The molecule has 0 fully saturated rings. The van der Waals surface area contributed by atoms with E-state index >= 15 is 0 Å². The van der Waals surface area contributed by atoms with Gasteiger partial charge in [0.1, 0.15) is 5.69 Å². The quantitative estimate of drug-likeness (QED) is 0.361. The molecule has 0 unspecified atom stereocenters. The van der Waals surface area contributed by atoms with E-state index in [2.05, 4.69) is 18.1 Å².